The number of benzene rings is 2. The predicted molar refractivity (Wildman–Crippen MR) is 79.7 cm³/mol. The summed E-state index contributed by atoms with van der Waals surface area (Å²) in [7, 11) is 0. The van der Waals surface area contributed by atoms with E-state index < -0.39 is 0 Å². The molecule has 0 aliphatic carbocycles. The van der Waals surface area contributed by atoms with Gasteiger partial charge in [-0.1, -0.05) is 36.4 Å². The van der Waals surface area contributed by atoms with Gasteiger partial charge in [-0.05, 0) is 35.7 Å². The summed E-state index contributed by atoms with van der Waals surface area (Å²) in [6.45, 7) is 2.07. The molecule has 0 saturated carbocycles. The minimum absolute atomic E-state index is 0.0699. The highest BCUT2D eigenvalue weighted by Gasteiger charge is 2.04. The highest BCUT2D eigenvalue weighted by molar-refractivity contribution is 5.62. The van der Waals surface area contributed by atoms with Crippen LogP contribution in [0, 0.1) is 6.92 Å². The first-order valence-corrected chi connectivity index (χ1v) is 6.59. The van der Waals surface area contributed by atoms with E-state index in [0.717, 1.165) is 27.9 Å². The smallest absolute Gasteiger partial charge is 0.0684 e. The van der Waals surface area contributed by atoms with Crippen LogP contribution >= 0.6 is 0 Å². The Balaban J connectivity index is 1.96. The summed E-state index contributed by atoms with van der Waals surface area (Å²) in [5.41, 5.74) is 5.27. The van der Waals surface area contributed by atoms with Crippen LogP contribution in [0.3, 0.4) is 0 Å². The summed E-state index contributed by atoms with van der Waals surface area (Å²) in [6.07, 6.45) is 3.88. The minimum Gasteiger partial charge on any atom is -0.392 e. The molecule has 0 saturated heterocycles. The molecule has 2 aromatic carbocycles. The Morgan fingerprint density at radius 1 is 1.05 bits per heavy atom. The van der Waals surface area contributed by atoms with Crippen LogP contribution in [0.1, 0.15) is 11.1 Å². The van der Waals surface area contributed by atoms with Gasteiger partial charge in [0.1, 0.15) is 0 Å². The van der Waals surface area contributed by atoms with Crippen molar-refractivity contribution in [1.29, 1.82) is 0 Å². The lowest BCUT2D eigenvalue weighted by Crippen LogP contribution is -1.97. The maximum atomic E-state index is 9.21. The van der Waals surface area contributed by atoms with E-state index in [2.05, 4.69) is 17.2 Å². The third-order valence-electron chi connectivity index (χ3n) is 3.45. The molecule has 0 unspecified atom stereocenters. The first kappa shape index (κ1) is 12.6. The van der Waals surface area contributed by atoms with E-state index >= 15 is 0 Å². The van der Waals surface area contributed by atoms with E-state index in [0.29, 0.717) is 0 Å². The van der Waals surface area contributed by atoms with Gasteiger partial charge in [0.05, 0.1) is 18.5 Å². The Morgan fingerprint density at radius 3 is 2.55 bits per heavy atom. The van der Waals surface area contributed by atoms with E-state index in [1.807, 2.05) is 60.4 Å². The molecule has 3 rings (SSSR count). The average molecular weight is 264 g/mol. The summed E-state index contributed by atoms with van der Waals surface area (Å²) in [5.74, 6) is 0. The Kier molecular flexibility index (Phi) is 3.35. The lowest BCUT2D eigenvalue weighted by Gasteiger charge is -2.06. The van der Waals surface area contributed by atoms with Crippen LogP contribution in [-0.2, 0) is 6.61 Å². The average Bonchev–Trinajstić information content (AvgIpc) is 2.98. The van der Waals surface area contributed by atoms with Crippen LogP contribution < -0.4 is 0 Å². The fourth-order valence-electron chi connectivity index (χ4n) is 2.24. The molecule has 100 valence electrons. The summed E-state index contributed by atoms with van der Waals surface area (Å²) in [5, 5.41) is 13.6. The van der Waals surface area contributed by atoms with Crippen molar-refractivity contribution in [2.45, 2.75) is 13.5 Å². The normalized spacial score (nSPS) is 10.7. The Hall–Kier alpha value is -2.39. The van der Waals surface area contributed by atoms with Crippen LogP contribution in [0.15, 0.2) is 60.9 Å². The van der Waals surface area contributed by atoms with Crippen LogP contribution in [-0.4, -0.2) is 14.9 Å². The van der Waals surface area contributed by atoms with Gasteiger partial charge in [0.25, 0.3) is 0 Å². The monoisotopic (exact) mass is 264 g/mol. The molecule has 3 aromatic rings. The van der Waals surface area contributed by atoms with Crippen molar-refractivity contribution in [3.05, 3.63) is 72.1 Å². The standard InChI is InChI=1S/C17H16N2O/c1-13-9-17(8-7-15(13)12-20)19-11-16(10-18-19)14-5-3-2-4-6-14/h2-11,20H,12H2,1H3. The van der Waals surface area contributed by atoms with Crippen LogP contribution in [0.5, 0.6) is 0 Å². The van der Waals surface area contributed by atoms with Crippen LogP contribution in [0.2, 0.25) is 0 Å². The number of aliphatic hydroxyl groups excluding tert-OH is 1. The summed E-state index contributed by atoms with van der Waals surface area (Å²) in [6, 6.07) is 16.1. The molecule has 0 aliphatic rings. The van der Waals surface area contributed by atoms with Crippen LogP contribution in [0.4, 0.5) is 0 Å². The van der Waals surface area contributed by atoms with Crippen molar-refractivity contribution < 1.29 is 5.11 Å². The van der Waals surface area contributed by atoms with Crippen molar-refractivity contribution in [3.63, 3.8) is 0 Å². The van der Waals surface area contributed by atoms with Gasteiger partial charge in [0, 0.05) is 11.8 Å². The molecule has 1 N–H and O–H groups in total. The molecule has 0 fully saturated rings. The molecule has 3 heteroatoms. The maximum Gasteiger partial charge on any atom is 0.0684 e. The fraction of sp³-hybridized carbons (Fsp3) is 0.118. The Bertz CT molecular complexity index is 717. The summed E-state index contributed by atoms with van der Waals surface area (Å²) >= 11 is 0. The third kappa shape index (κ3) is 2.36. The quantitative estimate of drug-likeness (QED) is 0.788. The van der Waals surface area contributed by atoms with Gasteiger partial charge in [-0.2, -0.15) is 5.10 Å². The molecule has 0 atom stereocenters. The number of hydrogen-bond acceptors (Lipinski definition) is 2. The van der Waals surface area contributed by atoms with E-state index in [9.17, 15) is 5.11 Å². The predicted octanol–water partition coefficient (Wildman–Crippen LogP) is 3.34. The second-order valence-corrected chi connectivity index (χ2v) is 4.81. The van der Waals surface area contributed by atoms with Crippen molar-refractivity contribution in [2.75, 3.05) is 0 Å². The second kappa shape index (κ2) is 5.31. The fourth-order valence-corrected chi connectivity index (χ4v) is 2.24. The lowest BCUT2D eigenvalue weighted by molar-refractivity contribution is 0.281. The molecule has 0 bridgehead atoms. The van der Waals surface area contributed by atoms with Gasteiger partial charge >= 0.3 is 0 Å². The number of nitrogens with zero attached hydrogens (tertiary/aromatic N) is 2. The third-order valence-corrected chi connectivity index (χ3v) is 3.45. The van der Waals surface area contributed by atoms with E-state index in [1.165, 1.54) is 0 Å². The van der Waals surface area contributed by atoms with E-state index in [1.54, 1.807) is 0 Å². The molecule has 1 heterocycles. The second-order valence-electron chi connectivity index (χ2n) is 4.81. The molecule has 0 radical (unpaired) electrons. The van der Waals surface area contributed by atoms with Gasteiger partial charge in [-0.3, -0.25) is 0 Å². The molecule has 0 amide bonds. The van der Waals surface area contributed by atoms with Crippen molar-refractivity contribution in [2.24, 2.45) is 0 Å². The maximum absolute atomic E-state index is 9.21. The zero-order valence-electron chi connectivity index (χ0n) is 11.3. The van der Waals surface area contributed by atoms with Crippen molar-refractivity contribution >= 4 is 0 Å². The SMILES string of the molecule is Cc1cc(-n2cc(-c3ccccc3)cn2)ccc1CO. The molecule has 1 aromatic heterocycles. The molecule has 0 aliphatic heterocycles. The van der Waals surface area contributed by atoms with E-state index in [-0.39, 0.29) is 6.61 Å². The zero-order valence-corrected chi connectivity index (χ0v) is 11.3. The topological polar surface area (TPSA) is 38.0 Å². The molecule has 20 heavy (non-hydrogen) atoms. The Morgan fingerprint density at radius 2 is 1.85 bits per heavy atom. The number of aromatic nitrogens is 2. The minimum atomic E-state index is 0.0699. The molecular formula is C17H16N2O. The van der Waals surface area contributed by atoms with Gasteiger partial charge in [-0.25, -0.2) is 4.68 Å². The summed E-state index contributed by atoms with van der Waals surface area (Å²) < 4.78 is 1.86. The van der Waals surface area contributed by atoms with E-state index in [4.69, 9.17) is 0 Å². The van der Waals surface area contributed by atoms with Gasteiger partial charge in [0.15, 0.2) is 0 Å². The highest BCUT2D eigenvalue weighted by atomic mass is 16.3. The molecule has 0 spiro atoms. The van der Waals surface area contributed by atoms with Gasteiger partial charge in [0.2, 0.25) is 0 Å². The van der Waals surface area contributed by atoms with Crippen molar-refractivity contribution in [1.82, 2.24) is 9.78 Å². The van der Waals surface area contributed by atoms with Crippen LogP contribution in [0.25, 0.3) is 16.8 Å². The molecule has 3 nitrogen and oxygen atoms in total. The first-order valence-electron chi connectivity index (χ1n) is 6.59. The number of aryl methyl sites for hydroxylation is 1. The summed E-state index contributed by atoms with van der Waals surface area (Å²) in [4.78, 5) is 0. The largest absolute Gasteiger partial charge is 0.392 e. The van der Waals surface area contributed by atoms with Crippen molar-refractivity contribution in [3.8, 4) is 16.8 Å². The lowest BCUT2D eigenvalue weighted by atomic mass is 10.1. The molecular weight excluding hydrogens is 248 g/mol. The Labute approximate surface area is 118 Å². The highest BCUT2D eigenvalue weighted by Crippen LogP contribution is 2.20. The zero-order chi connectivity index (χ0) is 13.9. The number of aliphatic hydroxyl groups is 1. The van der Waals surface area contributed by atoms with Gasteiger partial charge < -0.3 is 5.11 Å². The first-order chi connectivity index (χ1) is 9.78. The number of rotatable bonds is 3. The number of hydrogen-bond donors (Lipinski definition) is 1. The van der Waals surface area contributed by atoms with Gasteiger partial charge in [-0.15, -0.1) is 0 Å².